The molecule has 1 aliphatic heterocycles. The van der Waals surface area contributed by atoms with Crippen LogP contribution in [0.2, 0.25) is 0 Å². The van der Waals surface area contributed by atoms with Crippen molar-refractivity contribution in [2.75, 3.05) is 11.9 Å². The van der Waals surface area contributed by atoms with E-state index in [1.165, 1.54) is 18.1 Å². The number of fused-ring (bicyclic) bond motifs is 1. The van der Waals surface area contributed by atoms with E-state index in [9.17, 15) is 9.59 Å². The number of guanidine groups is 1. The maximum atomic E-state index is 11.7. The van der Waals surface area contributed by atoms with Crippen molar-refractivity contribution < 1.29 is 14.6 Å². The number of anilines is 1. The molecule has 0 fully saturated rings. The molecule has 0 unspecified atom stereocenters. The monoisotopic (exact) mass is 414 g/mol. The first-order valence-corrected chi connectivity index (χ1v) is 8.28. The highest BCUT2D eigenvalue weighted by Crippen LogP contribution is 2.40. The molecule has 2 aliphatic rings. The van der Waals surface area contributed by atoms with Gasteiger partial charge in [0.1, 0.15) is 5.69 Å². The Hall–Kier alpha value is -1.21. The maximum absolute atomic E-state index is 11.7. The molecular formula is C14H14Br2N3O2+. The van der Waals surface area contributed by atoms with Crippen LogP contribution in [-0.2, 0) is 22.4 Å². The Labute approximate surface area is 139 Å². The lowest BCUT2D eigenvalue weighted by molar-refractivity contribution is -0.438. The van der Waals surface area contributed by atoms with Crippen LogP contribution in [0.4, 0.5) is 5.69 Å². The van der Waals surface area contributed by atoms with E-state index in [0.717, 1.165) is 38.8 Å². The van der Waals surface area contributed by atoms with E-state index in [0.29, 0.717) is 5.96 Å². The largest absolute Gasteiger partial charge is 0.366 e. The number of nitrogens with zero attached hydrogens (tertiary/aromatic N) is 1. The van der Waals surface area contributed by atoms with E-state index < -0.39 is 0 Å². The average Bonchev–Trinajstić information content (AvgIpc) is 3.01. The third kappa shape index (κ3) is 2.53. The summed E-state index contributed by atoms with van der Waals surface area (Å²) >= 11 is 7.20. The van der Waals surface area contributed by atoms with Crippen molar-refractivity contribution in [3.8, 4) is 0 Å². The lowest BCUT2D eigenvalue weighted by Gasteiger charge is -2.13. The first-order valence-electron chi connectivity index (χ1n) is 6.70. The second kappa shape index (κ2) is 5.53. The molecule has 0 spiro atoms. The predicted octanol–water partition coefficient (Wildman–Crippen LogP) is 0.938. The van der Waals surface area contributed by atoms with Gasteiger partial charge in [-0.25, -0.2) is 5.32 Å². The van der Waals surface area contributed by atoms with Crippen molar-refractivity contribution in [2.24, 2.45) is 0 Å². The van der Waals surface area contributed by atoms with Crippen molar-refractivity contribution in [1.82, 2.24) is 4.90 Å². The molecule has 0 radical (unpaired) electrons. The highest BCUT2D eigenvalue weighted by molar-refractivity contribution is 9.11. The van der Waals surface area contributed by atoms with Gasteiger partial charge in [-0.15, -0.1) is 4.90 Å². The molecular weight excluding hydrogens is 402 g/mol. The summed E-state index contributed by atoms with van der Waals surface area (Å²) in [6.45, 7) is 1.50. The van der Waals surface area contributed by atoms with E-state index in [1.807, 2.05) is 0 Å². The fourth-order valence-electron chi connectivity index (χ4n) is 2.77. The summed E-state index contributed by atoms with van der Waals surface area (Å²) in [5.41, 5.74) is 3.46. The molecule has 2 N–H and O–H groups in total. The summed E-state index contributed by atoms with van der Waals surface area (Å²) in [6, 6.07) is 2.10. The number of rotatable bonds is 1. The van der Waals surface area contributed by atoms with Crippen LogP contribution in [0.1, 0.15) is 24.5 Å². The van der Waals surface area contributed by atoms with E-state index in [-0.39, 0.29) is 18.4 Å². The first-order chi connectivity index (χ1) is 9.99. The summed E-state index contributed by atoms with van der Waals surface area (Å²) in [7, 11) is 0. The first kappa shape index (κ1) is 14.7. The van der Waals surface area contributed by atoms with Gasteiger partial charge < -0.3 is 0 Å². The topological polar surface area (TPSA) is 63.4 Å². The zero-order valence-electron chi connectivity index (χ0n) is 11.4. The Bertz CT molecular complexity index is 685. The molecule has 1 aliphatic carbocycles. The Morgan fingerprint density at radius 1 is 1.38 bits per heavy atom. The fourth-order valence-corrected chi connectivity index (χ4v) is 4.37. The van der Waals surface area contributed by atoms with Gasteiger partial charge in [-0.05, 0) is 68.3 Å². The van der Waals surface area contributed by atoms with Gasteiger partial charge in [0.25, 0.3) is 5.91 Å². The van der Waals surface area contributed by atoms with Crippen molar-refractivity contribution in [1.29, 1.82) is 0 Å². The summed E-state index contributed by atoms with van der Waals surface area (Å²) < 4.78 is 1.90. The molecule has 0 atom stereocenters. The summed E-state index contributed by atoms with van der Waals surface area (Å²) in [4.78, 5) is 27.4. The number of carbonyl (C=O) groups excluding carboxylic acids is 2. The van der Waals surface area contributed by atoms with Crippen molar-refractivity contribution in [3.63, 3.8) is 0 Å². The molecule has 0 saturated carbocycles. The number of amides is 2. The lowest BCUT2D eigenvalue weighted by atomic mass is 10.1. The highest BCUT2D eigenvalue weighted by Gasteiger charge is 2.37. The molecule has 1 aromatic rings. The zero-order chi connectivity index (χ0) is 15.1. The van der Waals surface area contributed by atoms with Gasteiger partial charge >= 0.3 is 11.9 Å². The van der Waals surface area contributed by atoms with Crippen LogP contribution in [0.5, 0.6) is 0 Å². The van der Waals surface area contributed by atoms with E-state index in [2.05, 4.69) is 48.2 Å². The smallest absolute Gasteiger partial charge is 0.266 e. The van der Waals surface area contributed by atoms with Crippen LogP contribution >= 0.6 is 31.9 Å². The Balaban J connectivity index is 1.96. The fraction of sp³-hybridized carbons (Fsp3) is 0.357. The Morgan fingerprint density at radius 3 is 2.86 bits per heavy atom. The van der Waals surface area contributed by atoms with Crippen LogP contribution < -0.4 is 10.3 Å². The number of benzene rings is 1. The van der Waals surface area contributed by atoms with Crippen molar-refractivity contribution >= 4 is 55.3 Å². The van der Waals surface area contributed by atoms with Gasteiger partial charge in [0.2, 0.25) is 0 Å². The summed E-state index contributed by atoms with van der Waals surface area (Å²) in [6.07, 6.45) is 3.27. The minimum absolute atomic E-state index is 0.127. The van der Waals surface area contributed by atoms with Gasteiger partial charge in [0, 0.05) is 6.92 Å². The van der Waals surface area contributed by atoms with E-state index in [1.54, 1.807) is 0 Å². The number of aryl methyl sites for hydroxylation is 1. The molecule has 5 nitrogen and oxygen atoms in total. The number of carbonyl (C=O) groups is 2. The second-order valence-electron chi connectivity index (χ2n) is 5.11. The van der Waals surface area contributed by atoms with Gasteiger partial charge in [0.15, 0.2) is 6.54 Å². The molecule has 3 rings (SSSR count). The van der Waals surface area contributed by atoms with Crippen LogP contribution in [-0.4, -0.2) is 29.2 Å². The molecule has 1 heterocycles. The van der Waals surface area contributed by atoms with E-state index in [4.69, 9.17) is 0 Å². The third-order valence-electron chi connectivity index (χ3n) is 3.72. The summed E-state index contributed by atoms with van der Waals surface area (Å²) in [5.74, 6) is -0.147. The molecule has 0 saturated heterocycles. The van der Waals surface area contributed by atoms with Gasteiger partial charge in [-0.2, -0.15) is 0 Å². The minimum atomic E-state index is -0.305. The van der Waals surface area contributed by atoms with Crippen molar-refractivity contribution in [2.45, 2.75) is 26.2 Å². The Morgan fingerprint density at radius 2 is 2.14 bits per heavy atom. The lowest BCUT2D eigenvalue weighted by Crippen LogP contribution is -2.72. The molecule has 1 aromatic carbocycles. The molecule has 0 aromatic heterocycles. The zero-order valence-corrected chi connectivity index (χ0v) is 14.6. The number of hydrogen-bond acceptors (Lipinski definition) is 3. The third-order valence-corrected chi connectivity index (χ3v) is 5.22. The van der Waals surface area contributed by atoms with Crippen LogP contribution in [0.15, 0.2) is 15.0 Å². The number of halogens is 2. The van der Waals surface area contributed by atoms with Crippen LogP contribution in [0.25, 0.3) is 0 Å². The molecule has 0 bridgehead atoms. The number of hydrogen-bond donors (Lipinski definition) is 2. The Kier molecular flexibility index (Phi) is 3.88. The van der Waals surface area contributed by atoms with Crippen LogP contribution in [0.3, 0.4) is 0 Å². The standard InChI is InChI=1S/C14H13Br2N3O2/c1-7(20)19-11(21)6-17-14(19)18-13-10(15)5-8-3-2-4-9(8)12(13)16/h5H,2-4,6H2,1H3,(H,17,18)/p+1. The molecule has 7 heteroatoms. The predicted molar refractivity (Wildman–Crippen MR) is 85.9 cm³/mol. The molecule has 21 heavy (non-hydrogen) atoms. The van der Waals surface area contributed by atoms with Gasteiger partial charge in [-0.1, -0.05) is 0 Å². The van der Waals surface area contributed by atoms with E-state index >= 15 is 0 Å². The summed E-state index contributed by atoms with van der Waals surface area (Å²) in [5, 5.41) is 3.17. The van der Waals surface area contributed by atoms with Crippen molar-refractivity contribution in [3.05, 3.63) is 26.1 Å². The van der Waals surface area contributed by atoms with Crippen LogP contribution in [0, 0.1) is 0 Å². The number of imide groups is 1. The quantitative estimate of drug-likeness (QED) is 0.717. The average molecular weight is 416 g/mol. The van der Waals surface area contributed by atoms with Gasteiger partial charge in [0.05, 0.1) is 8.95 Å². The molecule has 110 valence electrons. The minimum Gasteiger partial charge on any atom is -0.266 e. The maximum Gasteiger partial charge on any atom is 0.366 e. The molecule has 2 amide bonds. The SMILES string of the molecule is CC(=O)N1C(=O)C[NH+]=C1Nc1c(Br)cc2c(c1Br)CCC2. The van der Waals surface area contributed by atoms with Gasteiger partial charge in [-0.3, -0.25) is 14.6 Å². The second-order valence-corrected chi connectivity index (χ2v) is 6.76. The highest BCUT2D eigenvalue weighted by atomic mass is 79.9. The normalized spacial score (nSPS) is 17.0. The number of nitrogens with one attached hydrogen (secondary N) is 2.